The summed E-state index contributed by atoms with van der Waals surface area (Å²) in [5.74, 6) is 2.43. The number of aryl methyl sites for hydroxylation is 1. The van der Waals surface area contributed by atoms with Crippen molar-refractivity contribution in [2.75, 3.05) is 38.2 Å². The third-order valence-corrected chi connectivity index (χ3v) is 5.28. The number of ether oxygens (including phenoxy) is 1. The highest BCUT2D eigenvalue weighted by atomic mass is 127. The fourth-order valence-electron chi connectivity index (χ4n) is 3.64. The quantitative estimate of drug-likeness (QED) is 0.335. The van der Waals surface area contributed by atoms with Gasteiger partial charge in [0.15, 0.2) is 5.96 Å². The molecule has 0 amide bonds. The number of hydrogen-bond acceptors (Lipinski definition) is 3. The number of anilines is 1. The Labute approximate surface area is 192 Å². The van der Waals surface area contributed by atoms with Crippen LogP contribution in [0.15, 0.2) is 53.5 Å². The summed E-state index contributed by atoms with van der Waals surface area (Å²) in [6.07, 6.45) is 1.17. The minimum atomic E-state index is 0. The highest BCUT2D eigenvalue weighted by Crippen LogP contribution is 2.31. The Hall–Kier alpha value is -1.96. The van der Waals surface area contributed by atoms with Crippen LogP contribution in [0.4, 0.5) is 5.69 Å². The zero-order chi connectivity index (χ0) is 19.8. The molecule has 1 saturated heterocycles. The summed E-state index contributed by atoms with van der Waals surface area (Å²) >= 11 is 0. The third-order valence-electron chi connectivity index (χ3n) is 5.28. The number of hydrogen-bond donors (Lipinski definition) is 2. The lowest BCUT2D eigenvalue weighted by Gasteiger charge is -2.21. The molecule has 5 nitrogen and oxygen atoms in total. The van der Waals surface area contributed by atoms with Gasteiger partial charge in [0.1, 0.15) is 5.75 Å². The lowest BCUT2D eigenvalue weighted by atomic mass is 10.1. The number of methoxy groups -OCH3 is 1. The van der Waals surface area contributed by atoms with Crippen molar-refractivity contribution >= 4 is 35.6 Å². The second kappa shape index (κ2) is 11.9. The highest BCUT2D eigenvalue weighted by Gasteiger charge is 2.24. The summed E-state index contributed by atoms with van der Waals surface area (Å²) in [7, 11) is 1.74. The summed E-state index contributed by atoms with van der Waals surface area (Å²) in [5, 5.41) is 6.90. The lowest BCUT2D eigenvalue weighted by Crippen LogP contribution is -2.40. The van der Waals surface area contributed by atoms with Crippen LogP contribution in [0, 0.1) is 12.8 Å². The normalized spacial score (nSPS) is 16.3. The summed E-state index contributed by atoms with van der Waals surface area (Å²) in [6, 6.07) is 16.7. The van der Waals surface area contributed by atoms with Gasteiger partial charge in [0, 0.05) is 26.2 Å². The van der Waals surface area contributed by atoms with Crippen molar-refractivity contribution in [3.63, 3.8) is 0 Å². The van der Waals surface area contributed by atoms with Crippen molar-refractivity contribution in [2.24, 2.45) is 10.9 Å². The van der Waals surface area contributed by atoms with Gasteiger partial charge in [0.05, 0.1) is 19.3 Å². The van der Waals surface area contributed by atoms with E-state index >= 15 is 0 Å². The van der Waals surface area contributed by atoms with Crippen molar-refractivity contribution in [1.29, 1.82) is 0 Å². The van der Waals surface area contributed by atoms with Crippen LogP contribution < -0.4 is 20.3 Å². The second-order valence-electron chi connectivity index (χ2n) is 7.28. The molecule has 1 atom stereocenters. The first kappa shape index (κ1) is 23.3. The van der Waals surface area contributed by atoms with Crippen LogP contribution >= 0.6 is 24.0 Å². The molecule has 0 radical (unpaired) electrons. The summed E-state index contributed by atoms with van der Waals surface area (Å²) in [5.41, 5.74) is 3.74. The number of rotatable bonds is 7. The minimum absolute atomic E-state index is 0. The van der Waals surface area contributed by atoms with Crippen LogP contribution in [0.25, 0.3) is 0 Å². The first-order valence-corrected chi connectivity index (χ1v) is 10.2. The van der Waals surface area contributed by atoms with Crippen LogP contribution in [0.3, 0.4) is 0 Å². The number of nitrogens with one attached hydrogen (secondary N) is 2. The molecule has 0 bridgehead atoms. The monoisotopic (exact) mass is 508 g/mol. The maximum absolute atomic E-state index is 5.52. The van der Waals surface area contributed by atoms with Crippen LogP contribution in [-0.2, 0) is 6.54 Å². The highest BCUT2D eigenvalue weighted by molar-refractivity contribution is 14.0. The Kier molecular flexibility index (Phi) is 9.57. The van der Waals surface area contributed by atoms with Gasteiger partial charge in [0.2, 0.25) is 0 Å². The predicted molar refractivity (Wildman–Crippen MR) is 133 cm³/mol. The van der Waals surface area contributed by atoms with E-state index in [1.54, 1.807) is 7.11 Å². The molecular weight excluding hydrogens is 475 g/mol. The smallest absolute Gasteiger partial charge is 0.191 e. The standard InChI is InChI=1S/C23H32N4O.HI/c1-4-24-23(26-16-20-10-6-5-9-18(20)2)25-15-19-13-14-27(17-19)21-11-7-8-12-22(21)28-3;/h5-12,19H,4,13-17H2,1-3H3,(H2,24,25,26);1H. The Bertz CT molecular complexity index is 796. The molecule has 158 valence electrons. The SMILES string of the molecule is CCNC(=NCc1ccccc1C)NCC1CCN(c2ccccc2OC)C1.I. The van der Waals surface area contributed by atoms with E-state index in [-0.39, 0.29) is 24.0 Å². The minimum Gasteiger partial charge on any atom is -0.495 e. The Morgan fingerprint density at radius 1 is 1.14 bits per heavy atom. The number of halogens is 1. The Morgan fingerprint density at radius 3 is 2.66 bits per heavy atom. The molecule has 0 aromatic heterocycles. The van der Waals surface area contributed by atoms with Gasteiger partial charge in [-0.2, -0.15) is 0 Å². The fraction of sp³-hybridized carbons (Fsp3) is 0.435. The molecule has 3 rings (SSSR count). The van der Waals surface area contributed by atoms with Crippen LogP contribution in [0.5, 0.6) is 5.75 Å². The lowest BCUT2D eigenvalue weighted by molar-refractivity contribution is 0.414. The molecule has 0 spiro atoms. The molecule has 2 N–H and O–H groups in total. The van der Waals surface area contributed by atoms with Crippen molar-refractivity contribution < 1.29 is 4.74 Å². The molecule has 1 heterocycles. The molecule has 2 aromatic carbocycles. The Balaban J connectivity index is 0.00000300. The molecule has 6 heteroatoms. The number of aliphatic imine (C=N–C) groups is 1. The number of para-hydroxylation sites is 2. The van der Waals surface area contributed by atoms with Crippen molar-refractivity contribution in [3.05, 3.63) is 59.7 Å². The summed E-state index contributed by atoms with van der Waals surface area (Å²) in [6.45, 7) is 8.80. The van der Waals surface area contributed by atoms with E-state index in [1.807, 2.05) is 12.1 Å². The van der Waals surface area contributed by atoms with Gasteiger partial charge >= 0.3 is 0 Å². The zero-order valence-electron chi connectivity index (χ0n) is 17.6. The first-order valence-electron chi connectivity index (χ1n) is 10.2. The number of guanidine groups is 1. The average molecular weight is 508 g/mol. The van der Waals surface area contributed by atoms with Gasteiger partial charge < -0.3 is 20.3 Å². The van der Waals surface area contributed by atoms with E-state index in [9.17, 15) is 0 Å². The molecule has 1 aliphatic heterocycles. The molecule has 1 fully saturated rings. The molecular formula is C23H33IN4O. The van der Waals surface area contributed by atoms with Crippen molar-refractivity contribution in [3.8, 4) is 5.75 Å². The summed E-state index contributed by atoms with van der Waals surface area (Å²) < 4.78 is 5.52. The van der Waals surface area contributed by atoms with Crippen LogP contribution in [-0.4, -0.2) is 39.2 Å². The molecule has 1 unspecified atom stereocenters. The van der Waals surface area contributed by atoms with Crippen LogP contribution in [0.1, 0.15) is 24.5 Å². The van der Waals surface area contributed by atoms with E-state index in [1.165, 1.54) is 23.2 Å². The molecule has 0 aliphatic carbocycles. The van der Waals surface area contributed by atoms with Gasteiger partial charge in [-0.15, -0.1) is 24.0 Å². The Morgan fingerprint density at radius 2 is 1.90 bits per heavy atom. The molecule has 1 aliphatic rings. The van der Waals surface area contributed by atoms with Crippen molar-refractivity contribution in [1.82, 2.24) is 10.6 Å². The summed E-state index contributed by atoms with van der Waals surface area (Å²) in [4.78, 5) is 7.19. The van der Waals surface area contributed by atoms with E-state index in [2.05, 4.69) is 65.8 Å². The van der Waals surface area contributed by atoms with E-state index in [4.69, 9.17) is 9.73 Å². The second-order valence-corrected chi connectivity index (χ2v) is 7.28. The molecule has 2 aromatic rings. The number of benzene rings is 2. The van der Waals surface area contributed by atoms with E-state index in [0.29, 0.717) is 12.5 Å². The largest absolute Gasteiger partial charge is 0.495 e. The average Bonchev–Trinajstić information content (AvgIpc) is 3.20. The fourth-order valence-corrected chi connectivity index (χ4v) is 3.64. The topological polar surface area (TPSA) is 48.9 Å². The first-order chi connectivity index (χ1) is 13.7. The van der Waals surface area contributed by atoms with Crippen molar-refractivity contribution in [2.45, 2.75) is 26.8 Å². The van der Waals surface area contributed by atoms with E-state index < -0.39 is 0 Å². The molecule has 0 saturated carbocycles. The van der Waals surface area contributed by atoms with Gasteiger partial charge in [-0.3, -0.25) is 0 Å². The maximum atomic E-state index is 5.52. The van der Waals surface area contributed by atoms with Gasteiger partial charge in [-0.05, 0) is 49.4 Å². The number of nitrogens with zero attached hydrogens (tertiary/aromatic N) is 2. The maximum Gasteiger partial charge on any atom is 0.191 e. The predicted octanol–water partition coefficient (Wildman–Crippen LogP) is 4.20. The van der Waals surface area contributed by atoms with Gasteiger partial charge in [0.25, 0.3) is 0 Å². The van der Waals surface area contributed by atoms with Gasteiger partial charge in [-0.25, -0.2) is 4.99 Å². The third kappa shape index (κ3) is 6.52. The van der Waals surface area contributed by atoms with E-state index in [0.717, 1.165) is 37.9 Å². The van der Waals surface area contributed by atoms with Gasteiger partial charge in [-0.1, -0.05) is 36.4 Å². The zero-order valence-corrected chi connectivity index (χ0v) is 20.0. The van der Waals surface area contributed by atoms with Crippen LogP contribution in [0.2, 0.25) is 0 Å². The molecule has 29 heavy (non-hydrogen) atoms.